The van der Waals surface area contributed by atoms with Crippen molar-refractivity contribution in [1.82, 2.24) is 5.32 Å². The fourth-order valence-electron chi connectivity index (χ4n) is 2.08. The molecule has 112 valence electrons. The molecule has 0 bridgehead atoms. The van der Waals surface area contributed by atoms with Crippen LogP contribution in [-0.4, -0.2) is 19.6 Å². The minimum absolute atomic E-state index is 0.0934. The molecule has 0 spiro atoms. The highest BCUT2D eigenvalue weighted by Crippen LogP contribution is 2.18. The lowest BCUT2D eigenvalue weighted by Crippen LogP contribution is -2.24. The fraction of sp³-hybridized carbons (Fsp3) is 0.562. The van der Waals surface area contributed by atoms with Gasteiger partial charge in [0, 0.05) is 23.9 Å². The summed E-state index contributed by atoms with van der Waals surface area (Å²) in [5.41, 5.74) is 6.82. The zero-order chi connectivity index (χ0) is 14.8. The number of nitrogen functional groups attached to an aromatic ring is 1. The summed E-state index contributed by atoms with van der Waals surface area (Å²) in [4.78, 5) is 12.0. The molecule has 1 amide bonds. The number of hydrogen-bond acceptors (Lipinski definition) is 3. The van der Waals surface area contributed by atoms with Gasteiger partial charge in [-0.25, -0.2) is 0 Å². The molecule has 20 heavy (non-hydrogen) atoms. The van der Waals surface area contributed by atoms with E-state index in [9.17, 15) is 4.79 Å². The summed E-state index contributed by atoms with van der Waals surface area (Å²) in [6, 6.07) is 5.07. The molecule has 4 heteroatoms. The Bertz CT molecular complexity index is 419. The summed E-state index contributed by atoms with van der Waals surface area (Å²) in [7, 11) is 1.56. The molecule has 0 atom stereocenters. The Kier molecular flexibility index (Phi) is 7.55. The molecular weight excluding hydrogens is 252 g/mol. The average Bonchev–Trinajstić information content (AvgIpc) is 2.45. The van der Waals surface area contributed by atoms with Gasteiger partial charge < -0.3 is 15.8 Å². The third-order valence-corrected chi connectivity index (χ3v) is 3.24. The van der Waals surface area contributed by atoms with E-state index in [2.05, 4.69) is 12.2 Å². The van der Waals surface area contributed by atoms with Crippen molar-refractivity contribution in [1.29, 1.82) is 0 Å². The van der Waals surface area contributed by atoms with Gasteiger partial charge in [0.15, 0.2) is 0 Å². The number of carbonyl (C=O) groups excluding carboxylic acids is 1. The molecule has 0 aliphatic heterocycles. The largest absolute Gasteiger partial charge is 0.497 e. The Balaban J connectivity index is 2.30. The molecular formula is C16H26N2O2. The molecule has 0 saturated carbocycles. The van der Waals surface area contributed by atoms with E-state index in [0.717, 1.165) is 6.42 Å². The van der Waals surface area contributed by atoms with E-state index >= 15 is 0 Å². The first-order valence-electron chi connectivity index (χ1n) is 7.40. The first kappa shape index (κ1) is 16.3. The zero-order valence-corrected chi connectivity index (χ0v) is 12.6. The molecule has 0 fully saturated rings. The molecule has 0 aliphatic carbocycles. The van der Waals surface area contributed by atoms with Crippen LogP contribution in [0.15, 0.2) is 18.2 Å². The molecule has 0 saturated heterocycles. The van der Waals surface area contributed by atoms with Crippen molar-refractivity contribution >= 4 is 11.6 Å². The van der Waals surface area contributed by atoms with Crippen molar-refractivity contribution in [2.24, 2.45) is 0 Å². The second kappa shape index (κ2) is 9.23. The number of nitrogens with two attached hydrogens (primary N) is 1. The highest BCUT2D eigenvalue weighted by atomic mass is 16.5. The standard InChI is InChI=1S/C16H26N2O2/c1-3-4-5-6-7-8-9-18-16(19)13-10-14(17)12-15(11-13)20-2/h10-12H,3-9,17H2,1-2H3,(H,18,19). The maximum Gasteiger partial charge on any atom is 0.251 e. The molecule has 0 unspecified atom stereocenters. The van der Waals surface area contributed by atoms with Crippen molar-refractivity contribution < 1.29 is 9.53 Å². The monoisotopic (exact) mass is 278 g/mol. The van der Waals surface area contributed by atoms with Crippen molar-refractivity contribution in [3.05, 3.63) is 23.8 Å². The van der Waals surface area contributed by atoms with Gasteiger partial charge in [0.1, 0.15) is 5.75 Å². The topological polar surface area (TPSA) is 64.4 Å². The molecule has 0 radical (unpaired) electrons. The normalized spacial score (nSPS) is 10.3. The lowest BCUT2D eigenvalue weighted by molar-refractivity contribution is 0.0952. The van der Waals surface area contributed by atoms with Gasteiger partial charge in [0.2, 0.25) is 0 Å². The summed E-state index contributed by atoms with van der Waals surface area (Å²) < 4.78 is 5.11. The third kappa shape index (κ3) is 5.95. The first-order chi connectivity index (χ1) is 9.67. The van der Waals surface area contributed by atoms with Gasteiger partial charge in [-0.1, -0.05) is 39.0 Å². The summed E-state index contributed by atoms with van der Waals surface area (Å²) >= 11 is 0. The van der Waals surface area contributed by atoms with E-state index < -0.39 is 0 Å². The Morgan fingerprint density at radius 2 is 1.85 bits per heavy atom. The van der Waals surface area contributed by atoms with E-state index in [0.29, 0.717) is 23.5 Å². The predicted molar refractivity (Wildman–Crippen MR) is 83.1 cm³/mol. The molecule has 0 aromatic heterocycles. The highest BCUT2D eigenvalue weighted by molar-refractivity contribution is 5.95. The Labute approximate surface area is 121 Å². The quantitative estimate of drug-likeness (QED) is 0.537. The van der Waals surface area contributed by atoms with Crippen LogP contribution in [0.4, 0.5) is 5.69 Å². The molecule has 3 N–H and O–H groups in total. The first-order valence-corrected chi connectivity index (χ1v) is 7.40. The number of amides is 1. The van der Waals surface area contributed by atoms with Gasteiger partial charge in [0.05, 0.1) is 7.11 Å². The van der Waals surface area contributed by atoms with Gasteiger partial charge in [-0.2, -0.15) is 0 Å². The van der Waals surface area contributed by atoms with Crippen LogP contribution in [0.1, 0.15) is 55.8 Å². The van der Waals surface area contributed by atoms with Crippen LogP contribution < -0.4 is 15.8 Å². The van der Waals surface area contributed by atoms with Gasteiger partial charge in [-0.15, -0.1) is 0 Å². The van der Waals surface area contributed by atoms with Gasteiger partial charge in [-0.05, 0) is 18.6 Å². The molecule has 1 rings (SSSR count). The number of anilines is 1. The van der Waals surface area contributed by atoms with Crippen LogP contribution in [-0.2, 0) is 0 Å². The highest BCUT2D eigenvalue weighted by Gasteiger charge is 2.07. The molecule has 0 aliphatic rings. The van der Waals surface area contributed by atoms with E-state index in [1.165, 1.54) is 32.1 Å². The van der Waals surface area contributed by atoms with Crippen molar-refractivity contribution in [2.45, 2.75) is 45.4 Å². The maximum absolute atomic E-state index is 12.0. The number of hydrogen-bond donors (Lipinski definition) is 2. The molecule has 0 heterocycles. The van der Waals surface area contributed by atoms with E-state index in [1.54, 1.807) is 25.3 Å². The fourth-order valence-corrected chi connectivity index (χ4v) is 2.08. The summed E-state index contributed by atoms with van der Waals surface area (Å²) in [5, 5.41) is 2.92. The van der Waals surface area contributed by atoms with Crippen LogP contribution >= 0.6 is 0 Å². The Morgan fingerprint density at radius 1 is 1.15 bits per heavy atom. The van der Waals surface area contributed by atoms with Crippen LogP contribution in [0.2, 0.25) is 0 Å². The molecule has 1 aromatic rings. The average molecular weight is 278 g/mol. The van der Waals surface area contributed by atoms with Crippen molar-refractivity contribution in [2.75, 3.05) is 19.4 Å². The second-order valence-electron chi connectivity index (χ2n) is 5.02. The van der Waals surface area contributed by atoms with Crippen LogP contribution in [0.5, 0.6) is 5.75 Å². The third-order valence-electron chi connectivity index (χ3n) is 3.24. The molecule has 1 aromatic carbocycles. The minimum Gasteiger partial charge on any atom is -0.497 e. The summed E-state index contributed by atoms with van der Waals surface area (Å²) in [5.74, 6) is 0.513. The Morgan fingerprint density at radius 3 is 2.55 bits per heavy atom. The van der Waals surface area contributed by atoms with Crippen molar-refractivity contribution in [3.63, 3.8) is 0 Å². The predicted octanol–water partition coefficient (Wildman–Crippen LogP) is 3.37. The number of rotatable bonds is 9. The smallest absolute Gasteiger partial charge is 0.251 e. The SMILES string of the molecule is CCCCCCCCNC(=O)c1cc(N)cc(OC)c1. The van der Waals surface area contributed by atoms with E-state index in [1.807, 2.05) is 0 Å². The number of ether oxygens (including phenoxy) is 1. The van der Waals surface area contributed by atoms with Gasteiger partial charge >= 0.3 is 0 Å². The Hall–Kier alpha value is -1.71. The summed E-state index contributed by atoms with van der Waals surface area (Å²) in [6.45, 7) is 2.92. The lowest BCUT2D eigenvalue weighted by Gasteiger charge is -2.08. The lowest BCUT2D eigenvalue weighted by atomic mass is 10.1. The van der Waals surface area contributed by atoms with E-state index in [-0.39, 0.29) is 5.91 Å². The second-order valence-corrected chi connectivity index (χ2v) is 5.02. The number of carbonyl (C=O) groups is 1. The maximum atomic E-state index is 12.0. The minimum atomic E-state index is -0.0934. The van der Waals surface area contributed by atoms with E-state index in [4.69, 9.17) is 10.5 Å². The number of methoxy groups -OCH3 is 1. The van der Waals surface area contributed by atoms with Crippen molar-refractivity contribution in [3.8, 4) is 5.75 Å². The molecule has 4 nitrogen and oxygen atoms in total. The van der Waals surface area contributed by atoms with Gasteiger partial charge in [-0.3, -0.25) is 4.79 Å². The summed E-state index contributed by atoms with van der Waals surface area (Å²) in [6.07, 6.45) is 7.28. The van der Waals surface area contributed by atoms with Crippen LogP contribution in [0.3, 0.4) is 0 Å². The number of benzene rings is 1. The van der Waals surface area contributed by atoms with Gasteiger partial charge in [0.25, 0.3) is 5.91 Å². The number of nitrogens with one attached hydrogen (secondary N) is 1. The number of unbranched alkanes of at least 4 members (excludes halogenated alkanes) is 5. The van der Waals surface area contributed by atoms with Crippen LogP contribution in [0, 0.1) is 0 Å². The zero-order valence-electron chi connectivity index (χ0n) is 12.6. The van der Waals surface area contributed by atoms with Crippen LogP contribution in [0.25, 0.3) is 0 Å².